The van der Waals surface area contributed by atoms with E-state index >= 15 is 0 Å². The van der Waals surface area contributed by atoms with E-state index in [1.165, 1.54) is 18.1 Å². The van der Waals surface area contributed by atoms with Crippen LogP contribution < -0.4 is 5.32 Å². The monoisotopic (exact) mass is 434 g/mol. The van der Waals surface area contributed by atoms with Crippen LogP contribution in [0.25, 0.3) is 0 Å². The highest BCUT2D eigenvalue weighted by Gasteiger charge is 2.56. The number of carbonyl (C=O) groups excluding carboxylic acids is 4. The van der Waals surface area contributed by atoms with Gasteiger partial charge in [0.1, 0.15) is 6.04 Å². The summed E-state index contributed by atoms with van der Waals surface area (Å²) in [5.74, 6) is -2.08. The number of hydrogen-bond donors (Lipinski definition) is 1. The molecule has 8 nitrogen and oxygen atoms in total. The van der Waals surface area contributed by atoms with Crippen LogP contribution in [-0.4, -0.2) is 60.8 Å². The second-order valence-electron chi connectivity index (χ2n) is 9.48. The maximum atomic E-state index is 13.6. The Kier molecular flexibility index (Phi) is 7.34. The number of amides is 2. The minimum atomic E-state index is -0.954. The van der Waals surface area contributed by atoms with Crippen molar-refractivity contribution in [1.29, 1.82) is 0 Å². The Labute approximate surface area is 184 Å². The van der Waals surface area contributed by atoms with E-state index in [0.29, 0.717) is 0 Å². The summed E-state index contributed by atoms with van der Waals surface area (Å²) in [6, 6.07) is -0.844. The van der Waals surface area contributed by atoms with Gasteiger partial charge in [0.2, 0.25) is 17.6 Å². The first kappa shape index (κ1) is 24.6. The Bertz CT molecular complexity index is 807. The van der Waals surface area contributed by atoms with Gasteiger partial charge in [0.15, 0.2) is 5.76 Å². The van der Waals surface area contributed by atoms with Gasteiger partial charge in [-0.2, -0.15) is 0 Å². The molecule has 1 unspecified atom stereocenters. The van der Waals surface area contributed by atoms with E-state index in [1.807, 2.05) is 34.6 Å². The van der Waals surface area contributed by atoms with Gasteiger partial charge in [0.05, 0.1) is 26.1 Å². The molecule has 3 atom stereocenters. The second-order valence-corrected chi connectivity index (χ2v) is 9.48. The molecule has 1 fully saturated rings. The van der Waals surface area contributed by atoms with Gasteiger partial charge in [-0.3, -0.25) is 19.2 Å². The first-order valence-electron chi connectivity index (χ1n) is 10.6. The third kappa shape index (κ3) is 5.17. The van der Waals surface area contributed by atoms with Gasteiger partial charge >= 0.3 is 5.97 Å². The molecule has 0 aromatic carbocycles. The van der Waals surface area contributed by atoms with Crippen LogP contribution in [0.2, 0.25) is 0 Å². The van der Waals surface area contributed by atoms with E-state index in [-0.39, 0.29) is 49.0 Å². The van der Waals surface area contributed by atoms with E-state index in [0.717, 1.165) is 0 Å². The molecule has 1 spiro atoms. The van der Waals surface area contributed by atoms with Crippen molar-refractivity contribution in [1.82, 2.24) is 10.2 Å². The lowest BCUT2D eigenvalue weighted by atomic mass is 9.73. The van der Waals surface area contributed by atoms with E-state index in [9.17, 15) is 19.2 Å². The maximum absolute atomic E-state index is 13.6. The fourth-order valence-electron chi connectivity index (χ4n) is 4.31. The molecule has 1 aliphatic heterocycles. The van der Waals surface area contributed by atoms with Crippen molar-refractivity contribution < 1.29 is 28.7 Å². The van der Waals surface area contributed by atoms with Crippen LogP contribution in [0.3, 0.4) is 0 Å². The number of ketones is 1. The number of esters is 1. The highest BCUT2D eigenvalue weighted by Crippen LogP contribution is 2.47. The van der Waals surface area contributed by atoms with Gasteiger partial charge in [0, 0.05) is 18.0 Å². The molecule has 2 rings (SSSR count). The van der Waals surface area contributed by atoms with Crippen LogP contribution in [0.4, 0.5) is 0 Å². The van der Waals surface area contributed by atoms with Crippen molar-refractivity contribution in [2.75, 3.05) is 20.3 Å². The van der Waals surface area contributed by atoms with Crippen molar-refractivity contribution in [2.45, 2.75) is 60.0 Å². The molecule has 0 aromatic heterocycles. The number of nitrogens with one attached hydrogen (secondary N) is 1. The lowest BCUT2D eigenvalue weighted by Gasteiger charge is -2.38. The number of carbonyl (C=O) groups is 4. The molecule has 0 radical (unpaired) electrons. The number of likely N-dealkylation sites (tertiary alicyclic amines) is 1. The highest BCUT2D eigenvalue weighted by molar-refractivity contribution is 6.04. The van der Waals surface area contributed by atoms with Gasteiger partial charge in [-0.1, -0.05) is 26.8 Å². The van der Waals surface area contributed by atoms with Crippen LogP contribution in [0.15, 0.2) is 24.0 Å². The number of hydrogen-bond acceptors (Lipinski definition) is 6. The Morgan fingerprint density at radius 2 is 1.94 bits per heavy atom. The average molecular weight is 435 g/mol. The van der Waals surface area contributed by atoms with Crippen LogP contribution in [0.1, 0.15) is 48.0 Å². The van der Waals surface area contributed by atoms with Crippen molar-refractivity contribution in [3.63, 3.8) is 0 Å². The standard InChI is InChI=1S/C23H34N2O6/c1-8-31-18(27)11-15-21(29)25(19(22(4,5)6)20(28)24-14(2)3)13-23(15)10-9-16(26)17(12-23)30-7/h9-10,12,14-15,19H,8,11,13H2,1-7H3,(H,24,28)/t15-,19?,23+/m1/s1. The number of rotatable bonds is 7. The minimum absolute atomic E-state index is 0.0912. The maximum Gasteiger partial charge on any atom is 0.306 e. The molecule has 172 valence electrons. The second kappa shape index (κ2) is 9.24. The smallest absolute Gasteiger partial charge is 0.306 e. The Hall–Kier alpha value is -2.64. The summed E-state index contributed by atoms with van der Waals surface area (Å²) in [6.45, 7) is 11.5. The molecule has 1 aliphatic carbocycles. The quantitative estimate of drug-likeness (QED) is 0.615. The molecular weight excluding hydrogens is 400 g/mol. The topological polar surface area (TPSA) is 102 Å². The SMILES string of the molecule is CCOC(=O)C[C@@H]1C(=O)N(C(C(=O)NC(C)C)C(C)(C)C)C[C@@]12C=CC(=O)C(OC)=C2. The molecule has 31 heavy (non-hydrogen) atoms. The summed E-state index contributed by atoms with van der Waals surface area (Å²) in [4.78, 5) is 52.7. The molecular formula is C23H34N2O6. The normalized spacial score (nSPS) is 24.5. The van der Waals surface area contributed by atoms with Gasteiger partial charge in [-0.25, -0.2) is 0 Å². The Morgan fingerprint density at radius 1 is 1.29 bits per heavy atom. The van der Waals surface area contributed by atoms with Gasteiger partial charge in [-0.15, -0.1) is 0 Å². The average Bonchev–Trinajstić information content (AvgIpc) is 2.88. The minimum Gasteiger partial charge on any atom is -0.493 e. The van der Waals surface area contributed by atoms with Gasteiger partial charge < -0.3 is 19.7 Å². The first-order valence-corrected chi connectivity index (χ1v) is 10.6. The number of allylic oxidation sites excluding steroid dienone is 1. The number of methoxy groups -OCH3 is 1. The summed E-state index contributed by atoms with van der Waals surface area (Å²) < 4.78 is 10.3. The zero-order chi connectivity index (χ0) is 23.6. The molecule has 2 amide bonds. The summed E-state index contributed by atoms with van der Waals surface area (Å²) in [6.07, 6.45) is 4.48. The lowest BCUT2D eigenvalue weighted by Crippen LogP contribution is -2.55. The largest absolute Gasteiger partial charge is 0.493 e. The van der Waals surface area contributed by atoms with Crippen LogP contribution in [0, 0.1) is 16.7 Å². The molecule has 0 saturated carbocycles. The van der Waals surface area contributed by atoms with Crippen molar-refractivity contribution in [2.24, 2.45) is 16.7 Å². The molecule has 2 aliphatic rings. The van der Waals surface area contributed by atoms with Crippen LogP contribution in [0.5, 0.6) is 0 Å². The first-order chi connectivity index (χ1) is 14.4. The third-order valence-corrected chi connectivity index (χ3v) is 5.57. The van der Waals surface area contributed by atoms with E-state index < -0.39 is 28.8 Å². The Balaban J connectivity index is 2.54. The van der Waals surface area contributed by atoms with Gasteiger partial charge in [-0.05, 0) is 38.3 Å². The molecule has 1 heterocycles. The molecule has 1 saturated heterocycles. The lowest BCUT2D eigenvalue weighted by molar-refractivity contribution is -0.149. The van der Waals surface area contributed by atoms with Crippen LogP contribution >= 0.6 is 0 Å². The predicted molar refractivity (Wildman–Crippen MR) is 115 cm³/mol. The number of nitrogens with zero attached hydrogens (tertiary/aromatic N) is 1. The molecule has 8 heteroatoms. The molecule has 0 bridgehead atoms. The Morgan fingerprint density at radius 3 is 2.45 bits per heavy atom. The van der Waals surface area contributed by atoms with Crippen molar-refractivity contribution >= 4 is 23.6 Å². The summed E-state index contributed by atoms with van der Waals surface area (Å²) in [5.41, 5.74) is -1.51. The third-order valence-electron chi connectivity index (χ3n) is 5.57. The molecule has 0 aromatic rings. The fourth-order valence-corrected chi connectivity index (χ4v) is 4.31. The van der Waals surface area contributed by atoms with Crippen molar-refractivity contribution in [3.8, 4) is 0 Å². The molecule has 1 N–H and O–H groups in total. The fraction of sp³-hybridized carbons (Fsp3) is 0.652. The highest BCUT2D eigenvalue weighted by atomic mass is 16.5. The predicted octanol–water partition coefficient (Wildman–Crippen LogP) is 1.99. The summed E-state index contributed by atoms with van der Waals surface area (Å²) in [7, 11) is 1.39. The van der Waals surface area contributed by atoms with Crippen LogP contribution in [-0.2, 0) is 28.7 Å². The summed E-state index contributed by atoms with van der Waals surface area (Å²) >= 11 is 0. The van der Waals surface area contributed by atoms with Crippen molar-refractivity contribution in [3.05, 3.63) is 24.0 Å². The van der Waals surface area contributed by atoms with Gasteiger partial charge in [0.25, 0.3) is 0 Å². The number of ether oxygens (including phenoxy) is 2. The van der Waals surface area contributed by atoms with E-state index in [1.54, 1.807) is 19.1 Å². The zero-order valence-corrected chi connectivity index (χ0v) is 19.5. The van der Waals surface area contributed by atoms with E-state index in [2.05, 4.69) is 5.32 Å². The zero-order valence-electron chi connectivity index (χ0n) is 19.5. The van der Waals surface area contributed by atoms with E-state index in [4.69, 9.17) is 9.47 Å². The summed E-state index contributed by atoms with van der Waals surface area (Å²) in [5, 5.41) is 2.90.